The van der Waals surface area contributed by atoms with E-state index < -0.39 is 12.1 Å². The van der Waals surface area contributed by atoms with Gasteiger partial charge in [-0.3, -0.25) is 9.74 Å². The number of benzene rings is 2. The number of para-hydroxylation sites is 1. The second kappa shape index (κ2) is 18.4. The van der Waals surface area contributed by atoms with Gasteiger partial charge in [-0.05, 0) is 44.5 Å². The molecule has 1 aliphatic rings. The molecule has 2 aromatic rings. The number of carbonyl (C=O) groups excluding carboxylic acids is 2. The molecule has 1 unspecified atom stereocenters. The van der Waals surface area contributed by atoms with Crippen LogP contribution < -0.4 is 45.1 Å². The average Bonchev–Trinajstić information content (AvgIpc) is 2.85. The van der Waals surface area contributed by atoms with Gasteiger partial charge >= 0.3 is 35.7 Å². The summed E-state index contributed by atoms with van der Waals surface area (Å²) in [7, 11) is 1.50. The van der Waals surface area contributed by atoms with Crippen molar-refractivity contribution in [3.63, 3.8) is 0 Å². The first-order valence-corrected chi connectivity index (χ1v) is 11.3. The first kappa shape index (κ1) is 32.1. The number of amides is 1. The summed E-state index contributed by atoms with van der Waals surface area (Å²) in [4.78, 5) is 31.6. The van der Waals surface area contributed by atoms with E-state index in [0.717, 1.165) is 12.0 Å². The molecule has 1 heterocycles. The fraction of sp³-hybridized carbons (Fsp3) is 0.440. The first-order valence-electron chi connectivity index (χ1n) is 11.3. The van der Waals surface area contributed by atoms with Crippen LogP contribution >= 0.6 is 0 Å². The Hall–Kier alpha value is -1.94. The zero-order chi connectivity index (χ0) is 24.6. The molecular weight excluding hydrogens is 445 g/mol. The smallest absolute Gasteiger partial charge is 0.549 e. The molecule has 2 atom stereocenters. The van der Waals surface area contributed by atoms with Crippen molar-refractivity contribution in [2.45, 2.75) is 52.3 Å². The zero-order valence-electron chi connectivity index (χ0n) is 21.0. The summed E-state index contributed by atoms with van der Waals surface area (Å²) in [6, 6.07) is 18.1. The minimum absolute atomic E-state index is 0. The minimum Gasteiger partial charge on any atom is -0.549 e. The number of carbonyl (C=O) groups is 2. The number of likely N-dealkylation sites (tertiary alicyclic amines) is 1. The average molecular weight is 482 g/mol. The number of ether oxygens (including phenoxy) is 1. The number of hydroxylamine groups is 2. The minimum atomic E-state index is -1.14. The van der Waals surface area contributed by atoms with Crippen molar-refractivity contribution in [1.29, 1.82) is 0 Å². The number of carboxylic acids is 1. The Morgan fingerprint density at radius 1 is 1.03 bits per heavy atom. The van der Waals surface area contributed by atoms with Crippen LogP contribution in [0.25, 0.3) is 0 Å². The fourth-order valence-electron chi connectivity index (χ4n) is 3.40. The van der Waals surface area contributed by atoms with Gasteiger partial charge in [-0.25, -0.2) is 4.79 Å². The summed E-state index contributed by atoms with van der Waals surface area (Å²) < 4.78 is 5.48. The number of hydrogen-bond donors (Lipinski definition) is 1. The van der Waals surface area contributed by atoms with Gasteiger partial charge in [0.05, 0.1) is 12.0 Å². The standard InChI is InChI=1S/C22H26N2O5.C2H6.CH5N.Na/c1-17-12-13-19(14-23(17)15-21(25)26)24(28-16-18-8-4-2-5-9-18)22(27)29-20-10-6-3-7-11-20;2*1-2;/h2-11,17,19H,12-16H2,1H3,(H,25,26);1-2H3;2H2,1H3;/q;;;+1/p-1/t17-,19?;;;/m1.../s1. The summed E-state index contributed by atoms with van der Waals surface area (Å²) >= 11 is 0. The molecule has 2 N–H and O–H groups in total. The SMILES string of the molecule is CC.CN.C[C@@H]1CCC(N(OCc2ccccc2)C(=O)Oc2ccccc2)CN1CC(=O)[O-].[Na+]. The normalized spacial score (nSPS) is 17.0. The molecule has 0 bridgehead atoms. The van der Waals surface area contributed by atoms with Crippen LogP contribution in [0.3, 0.4) is 0 Å². The first-order chi connectivity index (χ1) is 16.0. The van der Waals surface area contributed by atoms with E-state index in [9.17, 15) is 14.7 Å². The Kier molecular flexibility index (Phi) is 17.3. The van der Waals surface area contributed by atoms with Crippen molar-refractivity contribution in [2.24, 2.45) is 5.73 Å². The second-order valence-corrected chi connectivity index (χ2v) is 7.15. The summed E-state index contributed by atoms with van der Waals surface area (Å²) in [5.74, 6) is -0.720. The maximum Gasteiger partial charge on any atom is 1.00 e. The van der Waals surface area contributed by atoms with Gasteiger partial charge in [0, 0.05) is 19.1 Å². The predicted molar refractivity (Wildman–Crippen MR) is 126 cm³/mol. The third-order valence-electron chi connectivity index (χ3n) is 4.99. The van der Waals surface area contributed by atoms with Crippen LogP contribution in [-0.2, 0) is 16.2 Å². The van der Waals surface area contributed by atoms with Gasteiger partial charge in [0.15, 0.2) is 0 Å². The van der Waals surface area contributed by atoms with Crippen LogP contribution in [0.5, 0.6) is 5.75 Å². The van der Waals surface area contributed by atoms with E-state index in [0.29, 0.717) is 18.7 Å². The number of rotatable bonds is 7. The molecule has 1 aliphatic heterocycles. The molecule has 0 saturated carbocycles. The fourth-order valence-corrected chi connectivity index (χ4v) is 3.40. The molecule has 8 nitrogen and oxygen atoms in total. The van der Waals surface area contributed by atoms with Gasteiger partial charge in [-0.15, -0.1) is 0 Å². The largest absolute Gasteiger partial charge is 1.00 e. The number of nitrogens with zero attached hydrogens (tertiary/aromatic N) is 2. The van der Waals surface area contributed by atoms with Gasteiger partial charge in [-0.1, -0.05) is 62.4 Å². The van der Waals surface area contributed by atoms with E-state index >= 15 is 0 Å². The topological polar surface area (TPSA) is 108 Å². The molecule has 0 aliphatic carbocycles. The third kappa shape index (κ3) is 11.0. The zero-order valence-corrected chi connectivity index (χ0v) is 23.0. The van der Waals surface area contributed by atoms with Crippen molar-refractivity contribution in [3.8, 4) is 5.75 Å². The van der Waals surface area contributed by atoms with Crippen LogP contribution in [0, 0.1) is 0 Å². The Morgan fingerprint density at radius 2 is 1.59 bits per heavy atom. The van der Waals surface area contributed by atoms with Gasteiger partial charge < -0.3 is 20.4 Å². The molecule has 0 aromatic heterocycles. The van der Waals surface area contributed by atoms with Crippen LogP contribution in [0.15, 0.2) is 60.7 Å². The summed E-state index contributed by atoms with van der Waals surface area (Å²) in [6.45, 7) is 6.36. The Bertz CT molecular complexity index is 811. The van der Waals surface area contributed by atoms with Gasteiger partial charge in [0.25, 0.3) is 0 Å². The van der Waals surface area contributed by atoms with Crippen molar-refractivity contribution < 1.29 is 53.8 Å². The Labute approximate surface area is 225 Å². The van der Waals surface area contributed by atoms with E-state index in [-0.39, 0.29) is 54.8 Å². The van der Waals surface area contributed by atoms with Crippen LogP contribution in [0.1, 0.15) is 39.2 Å². The van der Waals surface area contributed by atoms with Crippen molar-refractivity contribution in [1.82, 2.24) is 9.96 Å². The monoisotopic (exact) mass is 481 g/mol. The van der Waals surface area contributed by atoms with Gasteiger partial charge in [0.2, 0.25) is 0 Å². The molecule has 3 rings (SSSR count). The number of hydrogen-bond acceptors (Lipinski definition) is 7. The molecule has 182 valence electrons. The summed E-state index contributed by atoms with van der Waals surface area (Å²) in [5, 5.41) is 12.3. The molecule has 0 spiro atoms. The third-order valence-corrected chi connectivity index (χ3v) is 4.99. The van der Waals surface area contributed by atoms with E-state index in [2.05, 4.69) is 5.73 Å². The molecule has 1 saturated heterocycles. The number of nitrogens with two attached hydrogens (primary N) is 1. The molecule has 9 heteroatoms. The predicted octanol–water partition coefficient (Wildman–Crippen LogP) is -0.173. The maximum atomic E-state index is 12.9. The molecule has 0 radical (unpaired) electrons. The van der Waals surface area contributed by atoms with E-state index in [4.69, 9.17) is 9.57 Å². The summed E-state index contributed by atoms with van der Waals surface area (Å²) in [6.07, 6.45) is 0.797. The van der Waals surface area contributed by atoms with Gasteiger partial charge in [-0.2, -0.15) is 5.06 Å². The quantitative estimate of drug-likeness (QED) is 0.432. The van der Waals surface area contributed by atoms with E-state index in [1.165, 1.54) is 12.1 Å². The van der Waals surface area contributed by atoms with Crippen LogP contribution in [0.4, 0.5) is 4.79 Å². The van der Waals surface area contributed by atoms with Crippen molar-refractivity contribution in [3.05, 3.63) is 66.2 Å². The second-order valence-electron chi connectivity index (χ2n) is 7.15. The number of piperidine rings is 1. The Balaban J connectivity index is 0.00000207. The molecule has 1 amide bonds. The maximum absolute atomic E-state index is 12.9. The Morgan fingerprint density at radius 3 is 2.15 bits per heavy atom. The molecule has 34 heavy (non-hydrogen) atoms. The molecular formula is C25H36N3NaO5. The van der Waals surface area contributed by atoms with E-state index in [1.807, 2.05) is 57.2 Å². The number of carboxylic acid groups (broad SMARTS) is 1. The van der Waals surface area contributed by atoms with Gasteiger partial charge in [0.1, 0.15) is 12.4 Å². The molecule has 1 fully saturated rings. The van der Waals surface area contributed by atoms with E-state index in [1.54, 1.807) is 29.2 Å². The number of aliphatic carboxylic acids is 1. The van der Waals surface area contributed by atoms with Crippen LogP contribution in [0.2, 0.25) is 0 Å². The van der Waals surface area contributed by atoms with Crippen molar-refractivity contribution in [2.75, 3.05) is 20.1 Å². The summed E-state index contributed by atoms with van der Waals surface area (Å²) in [5.41, 5.74) is 5.42. The van der Waals surface area contributed by atoms with Crippen molar-refractivity contribution >= 4 is 12.1 Å². The van der Waals surface area contributed by atoms with Crippen LogP contribution in [-0.4, -0.2) is 54.2 Å². The molecule has 2 aromatic carbocycles.